The quantitative estimate of drug-likeness (QED) is 0.0195. The van der Waals surface area contributed by atoms with E-state index in [4.69, 9.17) is 14.2 Å². The van der Waals surface area contributed by atoms with Crippen molar-refractivity contribution in [1.82, 2.24) is 5.32 Å². The first-order valence-corrected chi connectivity index (χ1v) is 36.9. The number of hydrogen-bond donors (Lipinski definition) is 6. The van der Waals surface area contributed by atoms with Gasteiger partial charge in [0.1, 0.15) is 24.4 Å². The van der Waals surface area contributed by atoms with Crippen LogP contribution in [0.3, 0.4) is 0 Å². The van der Waals surface area contributed by atoms with Crippen molar-refractivity contribution < 1.29 is 49.3 Å². The van der Waals surface area contributed by atoms with Gasteiger partial charge in [0, 0.05) is 12.8 Å². The fourth-order valence-corrected chi connectivity index (χ4v) is 11.6. The van der Waals surface area contributed by atoms with Crippen LogP contribution in [0, 0.1) is 0 Å². The van der Waals surface area contributed by atoms with Crippen molar-refractivity contribution in [2.75, 3.05) is 19.8 Å². The Kier molecular flexibility index (Phi) is 60.9. The molecule has 11 nitrogen and oxygen atoms in total. The molecule has 11 heteroatoms. The third kappa shape index (κ3) is 52.4. The summed E-state index contributed by atoms with van der Waals surface area (Å²) in [5, 5.41) is 54.5. The zero-order valence-electron chi connectivity index (χ0n) is 56.0. The predicted octanol–water partition coefficient (Wildman–Crippen LogP) is 19.1. The Morgan fingerprint density at radius 3 is 1.22 bits per heavy atom. The van der Waals surface area contributed by atoms with Crippen molar-refractivity contribution in [1.29, 1.82) is 0 Å². The topological polar surface area (TPSA) is 175 Å². The van der Waals surface area contributed by atoms with Gasteiger partial charge in [-0.05, 0) is 77.0 Å². The van der Waals surface area contributed by atoms with Gasteiger partial charge in [0.05, 0.1) is 32.0 Å². The van der Waals surface area contributed by atoms with Crippen LogP contribution < -0.4 is 5.32 Å². The van der Waals surface area contributed by atoms with Crippen molar-refractivity contribution >= 4 is 11.9 Å². The van der Waals surface area contributed by atoms with Gasteiger partial charge in [0.2, 0.25) is 5.91 Å². The molecule has 6 N–H and O–H groups in total. The third-order valence-corrected chi connectivity index (χ3v) is 17.4. The van der Waals surface area contributed by atoms with Gasteiger partial charge in [-0.1, -0.05) is 313 Å². The number of aliphatic hydroxyl groups excluding tert-OH is 5. The summed E-state index contributed by atoms with van der Waals surface area (Å²) in [6.07, 6.45) is 74.0. The molecule has 0 aromatic carbocycles. The predicted molar refractivity (Wildman–Crippen MR) is 361 cm³/mol. The highest BCUT2D eigenvalue weighted by atomic mass is 16.7. The maximum atomic E-state index is 13.1. The summed E-state index contributed by atoms with van der Waals surface area (Å²) in [6.45, 7) is 4.35. The Labute approximate surface area is 529 Å². The van der Waals surface area contributed by atoms with Crippen LogP contribution in [0.1, 0.15) is 354 Å². The molecule has 0 aromatic rings. The van der Waals surface area contributed by atoms with Gasteiger partial charge in [-0.3, -0.25) is 9.59 Å². The number of nitrogens with one attached hydrogen (secondary N) is 1. The highest BCUT2D eigenvalue weighted by molar-refractivity contribution is 5.76. The summed E-state index contributed by atoms with van der Waals surface area (Å²) in [5.74, 6) is -0.181. The molecular weight excluding hydrogens is 1070 g/mol. The van der Waals surface area contributed by atoms with E-state index in [0.29, 0.717) is 19.4 Å². The Hall–Kier alpha value is -2.38. The monoisotopic (exact) mass is 1210 g/mol. The van der Waals surface area contributed by atoms with Crippen LogP contribution in [0.25, 0.3) is 0 Å². The van der Waals surface area contributed by atoms with Crippen molar-refractivity contribution in [3.05, 3.63) is 48.6 Å². The number of hydrogen-bond acceptors (Lipinski definition) is 10. The molecule has 1 aliphatic rings. The summed E-state index contributed by atoms with van der Waals surface area (Å²) < 4.78 is 16.7. The molecule has 0 saturated carbocycles. The zero-order chi connectivity index (χ0) is 62.3. The van der Waals surface area contributed by atoms with Crippen molar-refractivity contribution in [3.8, 4) is 0 Å². The molecule has 1 heterocycles. The van der Waals surface area contributed by atoms with Gasteiger partial charge >= 0.3 is 5.97 Å². The lowest BCUT2D eigenvalue weighted by Crippen LogP contribution is -2.60. The van der Waals surface area contributed by atoms with E-state index in [0.717, 1.165) is 64.2 Å². The normalized spacial score (nSPS) is 18.2. The number of esters is 1. The Bertz CT molecular complexity index is 1570. The average Bonchev–Trinajstić information content (AvgIpc) is 3.69. The molecule has 504 valence electrons. The fourth-order valence-electron chi connectivity index (χ4n) is 11.6. The van der Waals surface area contributed by atoms with Crippen LogP contribution >= 0.6 is 0 Å². The van der Waals surface area contributed by atoms with Crippen LogP contribution in [0.15, 0.2) is 48.6 Å². The molecule has 7 unspecified atom stereocenters. The van der Waals surface area contributed by atoms with E-state index in [1.54, 1.807) is 6.08 Å². The molecule has 1 aliphatic heterocycles. The van der Waals surface area contributed by atoms with Gasteiger partial charge in [-0.15, -0.1) is 0 Å². The molecule has 0 radical (unpaired) electrons. The minimum absolute atomic E-state index is 0.00756. The van der Waals surface area contributed by atoms with Gasteiger partial charge < -0.3 is 45.1 Å². The van der Waals surface area contributed by atoms with Crippen LogP contribution in [-0.2, 0) is 23.8 Å². The van der Waals surface area contributed by atoms with Crippen LogP contribution in [0.4, 0.5) is 0 Å². The highest BCUT2D eigenvalue weighted by Gasteiger charge is 2.44. The molecule has 0 aliphatic carbocycles. The Balaban J connectivity index is 1.96. The molecule has 1 fully saturated rings. The lowest BCUT2D eigenvalue weighted by atomic mass is 9.99. The van der Waals surface area contributed by atoms with E-state index in [1.165, 1.54) is 263 Å². The van der Waals surface area contributed by atoms with Gasteiger partial charge in [-0.25, -0.2) is 0 Å². The van der Waals surface area contributed by atoms with E-state index in [2.05, 4.69) is 55.6 Å². The smallest absolute Gasteiger partial charge is 0.305 e. The number of carbonyl (C=O) groups excluding carboxylic acids is 2. The SMILES string of the molecule is CCCCCCCCC/C=C/CC/C=C/C(O)C(COC1OC(CO)C(O)C(O)C1O)NC(=O)CCCCCCCCCCCCCCCCCCC/C=C\C/C=C\CCCCCCCCCCCOC(=O)CCCCCCCCCCCCCC. The summed E-state index contributed by atoms with van der Waals surface area (Å²) in [5.41, 5.74) is 0. The molecule has 0 aromatic heterocycles. The molecule has 1 rings (SSSR count). The number of rotatable bonds is 65. The van der Waals surface area contributed by atoms with Gasteiger partial charge in [0.15, 0.2) is 6.29 Å². The molecule has 0 bridgehead atoms. The summed E-state index contributed by atoms with van der Waals surface area (Å²) in [7, 11) is 0. The summed E-state index contributed by atoms with van der Waals surface area (Å²) >= 11 is 0. The number of carbonyl (C=O) groups is 2. The van der Waals surface area contributed by atoms with E-state index < -0.39 is 49.5 Å². The first kappa shape index (κ1) is 81.6. The van der Waals surface area contributed by atoms with Crippen molar-refractivity contribution in [2.24, 2.45) is 0 Å². The molecule has 7 atom stereocenters. The largest absolute Gasteiger partial charge is 0.466 e. The third-order valence-electron chi connectivity index (χ3n) is 17.4. The molecule has 1 amide bonds. The second kappa shape index (κ2) is 64.2. The minimum Gasteiger partial charge on any atom is -0.466 e. The fraction of sp³-hybridized carbons (Fsp3) is 0.867. The average molecular weight is 1210 g/mol. The number of ether oxygens (including phenoxy) is 3. The van der Waals surface area contributed by atoms with E-state index in [-0.39, 0.29) is 18.5 Å². The number of unbranched alkanes of at least 4 members (excludes halogenated alkanes) is 45. The van der Waals surface area contributed by atoms with E-state index >= 15 is 0 Å². The van der Waals surface area contributed by atoms with Gasteiger partial charge in [-0.2, -0.15) is 0 Å². The second-order valence-electron chi connectivity index (χ2n) is 25.6. The maximum absolute atomic E-state index is 13.1. The zero-order valence-corrected chi connectivity index (χ0v) is 56.0. The first-order chi connectivity index (χ1) is 42.2. The van der Waals surface area contributed by atoms with Crippen molar-refractivity contribution in [2.45, 2.75) is 397 Å². The van der Waals surface area contributed by atoms with E-state index in [9.17, 15) is 35.1 Å². The molecule has 86 heavy (non-hydrogen) atoms. The summed E-state index contributed by atoms with van der Waals surface area (Å²) in [4.78, 5) is 25.1. The molecule has 0 spiro atoms. The first-order valence-electron chi connectivity index (χ1n) is 36.9. The highest BCUT2D eigenvalue weighted by Crippen LogP contribution is 2.23. The van der Waals surface area contributed by atoms with Crippen LogP contribution in [-0.4, -0.2) is 100 Å². The lowest BCUT2D eigenvalue weighted by molar-refractivity contribution is -0.302. The second-order valence-corrected chi connectivity index (χ2v) is 25.6. The standard InChI is InChI=1S/C75H139NO10/c1-3-5-7-9-11-13-15-38-41-45-49-53-57-61-68(78)67(66-85-75-74(83)73(82)72(81)69(65-77)86-75)76-70(79)62-58-54-50-46-42-39-36-34-32-30-28-26-24-22-20-18-17-19-21-23-25-27-29-31-33-35-37-40-44-48-52-56-60-64-84-71(80)63-59-55-51-47-43-16-14-12-10-8-6-4-2/h21,23,27,29,41,45,57,61,67-69,72-75,77-78,81-83H,3-20,22,24-26,28,30-40,42-44,46-56,58-60,62-66H2,1-2H3,(H,76,79)/b23-21-,29-27-,45-41+,61-57+. The lowest BCUT2D eigenvalue weighted by Gasteiger charge is -2.40. The molecular formula is C75H139NO10. The Morgan fingerprint density at radius 2 is 0.791 bits per heavy atom. The maximum Gasteiger partial charge on any atom is 0.305 e. The molecule has 1 saturated heterocycles. The van der Waals surface area contributed by atoms with Crippen LogP contribution in [0.5, 0.6) is 0 Å². The minimum atomic E-state index is -1.58. The number of allylic oxidation sites excluding steroid dienone is 7. The number of aliphatic hydroxyl groups is 5. The number of amides is 1. The Morgan fingerprint density at radius 1 is 0.430 bits per heavy atom. The van der Waals surface area contributed by atoms with E-state index in [1.807, 2.05) is 6.08 Å². The van der Waals surface area contributed by atoms with Crippen molar-refractivity contribution in [3.63, 3.8) is 0 Å². The summed E-state index contributed by atoms with van der Waals surface area (Å²) in [6, 6.07) is -0.827. The van der Waals surface area contributed by atoms with Gasteiger partial charge in [0.25, 0.3) is 0 Å². The van der Waals surface area contributed by atoms with Crippen LogP contribution in [0.2, 0.25) is 0 Å².